The molecule has 0 radical (unpaired) electrons. The average Bonchev–Trinajstić information content (AvgIpc) is 3.40. The molecule has 1 spiro atoms. The zero-order chi connectivity index (χ0) is 25.7. The van der Waals surface area contributed by atoms with E-state index in [0.717, 1.165) is 82.4 Å². The number of benzene rings is 1. The molecule has 5 rings (SSSR count). The first-order valence-electron chi connectivity index (χ1n) is 13.6. The third-order valence-corrected chi connectivity index (χ3v) is 8.11. The minimum Gasteiger partial charge on any atom is -0.491 e. The number of rotatable bonds is 9. The van der Waals surface area contributed by atoms with Crippen LogP contribution in [0.4, 0.5) is 11.6 Å². The molecule has 1 aromatic carbocycles. The van der Waals surface area contributed by atoms with Crippen molar-refractivity contribution in [2.75, 3.05) is 76.6 Å². The van der Waals surface area contributed by atoms with Gasteiger partial charge in [-0.1, -0.05) is 12.1 Å². The van der Waals surface area contributed by atoms with Gasteiger partial charge in [-0.2, -0.15) is 0 Å². The minimum atomic E-state index is -0.569. The van der Waals surface area contributed by atoms with Crippen LogP contribution in [0.2, 0.25) is 0 Å². The zero-order valence-electron chi connectivity index (χ0n) is 22.2. The molecule has 1 unspecified atom stereocenters. The van der Waals surface area contributed by atoms with E-state index in [1.807, 2.05) is 31.3 Å². The molecule has 3 aliphatic heterocycles. The molecule has 3 aliphatic rings. The van der Waals surface area contributed by atoms with Crippen LogP contribution in [0.25, 0.3) is 11.4 Å². The number of hydrogen-bond donors (Lipinski definition) is 2. The molecule has 2 N–H and O–H groups in total. The molecule has 0 amide bonds. The lowest BCUT2D eigenvalue weighted by Crippen LogP contribution is -2.41. The molecule has 4 heterocycles. The molecule has 0 bridgehead atoms. The van der Waals surface area contributed by atoms with Gasteiger partial charge < -0.3 is 34.4 Å². The lowest BCUT2D eigenvalue weighted by molar-refractivity contribution is 0.0853. The van der Waals surface area contributed by atoms with Crippen molar-refractivity contribution in [3.63, 3.8) is 0 Å². The van der Waals surface area contributed by atoms with Crippen molar-refractivity contribution in [2.24, 2.45) is 5.41 Å². The van der Waals surface area contributed by atoms with Gasteiger partial charge in [0, 0.05) is 64.2 Å². The van der Waals surface area contributed by atoms with Gasteiger partial charge >= 0.3 is 0 Å². The summed E-state index contributed by atoms with van der Waals surface area (Å²) < 4.78 is 17.2. The Kier molecular flexibility index (Phi) is 8.44. The van der Waals surface area contributed by atoms with Gasteiger partial charge in [0.15, 0.2) is 5.82 Å². The maximum atomic E-state index is 10.0. The van der Waals surface area contributed by atoms with Crippen LogP contribution >= 0.6 is 0 Å². The van der Waals surface area contributed by atoms with Crippen molar-refractivity contribution in [3.8, 4) is 17.1 Å². The Morgan fingerprint density at radius 2 is 1.95 bits per heavy atom. The van der Waals surface area contributed by atoms with Crippen molar-refractivity contribution >= 4 is 11.6 Å². The summed E-state index contributed by atoms with van der Waals surface area (Å²) in [5.41, 5.74) is 1.25. The fourth-order valence-corrected chi connectivity index (χ4v) is 5.62. The Morgan fingerprint density at radius 1 is 1.14 bits per heavy atom. The third kappa shape index (κ3) is 6.34. The summed E-state index contributed by atoms with van der Waals surface area (Å²) in [4.78, 5) is 14.8. The third-order valence-electron chi connectivity index (χ3n) is 8.11. The molecule has 3 fully saturated rings. The second kappa shape index (κ2) is 11.9. The minimum absolute atomic E-state index is 0.224. The molecule has 3 saturated heterocycles. The van der Waals surface area contributed by atoms with Crippen LogP contribution in [0.15, 0.2) is 30.3 Å². The van der Waals surface area contributed by atoms with Crippen LogP contribution in [-0.2, 0) is 9.47 Å². The smallest absolute Gasteiger partial charge is 0.163 e. The second-order valence-corrected chi connectivity index (χ2v) is 10.7. The van der Waals surface area contributed by atoms with Gasteiger partial charge in [-0.3, -0.25) is 0 Å². The number of nitrogens with one attached hydrogen (secondary N) is 1. The standard InChI is InChI=1S/C28H41N5O4/c1-29-18-23(34)19-37-24-5-3-4-21(16-24)27-30-25(32(2)22-6-13-35-14-7-22)17-26(31-27)33-11-8-28(9-12-33)10-15-36-20-28/h3-5,16-17,22-23,29,34H,6-15,18-20H2,1-2H3. The molecular weight excluding hydrogens is 470 g/mol. The highest BCUT2D eigenvalue weighted by Gasteiger charge is 2.38. The molecular formula is C28H41N5O4. The van der Waals surface area contributed by atoms with Gasteiger partial charge in [0.25, 0.3) is 0 Å². The SMILES string of the molecule is CNCC(O)COc1cccc(-c2nc(N3CCC4(CCOC4)CC3)cc(N(C)C3CCOCC3)n2)c1. The van der Waals surface area contributed by atoms with Crippen LogP contribution in [0.5, 0.6) is 5.75 Å². The number of ether oxygens (including phenoxy) is 3. The number of aromatic nitrogens is 2. The van der Waals surface area contributed by atoms with Gasteiger partial charge in [0.1, 0.15) is 30.1 Å². The summed E-state index contributed by atoms with van der Waals surface area (Å²) >= 11 is 0. The number of nitrogens with zero attached hydrogens (tertiary/aromatic N) is 4. The highest BCUT2D eigenvalue weighted by Crippen LogP contribution is 2.40. The normalized spacial score (nSPS) is 20.8. The topological polar surface area (TPSA) is 92.2 Å². The molecule has 9 nitrogen and oxygen atoms in total. The fraction of sp³-hybridized carbons (Fsp3) is 0.643. The summed E-state index contributed by atoms with van der Waals surface area (Å²) in [6, 6.07) is 10.4. The molecule has 1 aromatic heterocycles. The maximum Gasteiger partial charge on any atom is 0.163 e. The van der Waals surface area contributed by atoms with Crippen LogP contribution in [0.3, 0.4) is 0 Å². The Bertz CT molecular complexity index is 1020. The van der Waals surface area contributed by atoms with E-state index < -0.39 is 6.10 Å². The predicted molar refractivity (Wildman–Crippen MR) is 144 cm³/mol. The highest BCUT2D eigenvalue weighted by atomic mass is 16.5. The predicted octanol–water partition coefficient (Wildman–Crippen LogP) is 2.72. The van der Waals surface area contributed by atoms with E-state index in [2.05, 4.69) is 28.2 Å². The molecule has 0 saturated carbocycles. The Morgan fingerprint density at radius 3 is 2.68 bits per heavy atom. The van der Waals surface area contributed by atoms with E-state index in [1.165, 1.54) is 6.42 Å². The van der Waals surface area contributed by atoms with E-state index >= 15 is 0 Å². The number of anilines is 2. The van der Waals surface area contributed by atoms with Crippen LogP contribution in [0, 0.1) is 5.41 Å². The van der Waals surface area contributed by atoms with Gasteiger partial charge in [0.05, 0.1) is 6.61 Å². The first-order valence-corrected chi connectivity index (χ1v) is 13.6. The van der Waals surface area contributed by atoms with Crippen molar-refractivity contribution in [1.29, 1.82) is 0 Å². The number of hydrogen-bond acceptors (Lipinski definition) is 9. The average molecular weight is 512 g/mol. The van der Waals surface area contributed by atoms with E-state index in [1.54, 1.807) is 0 Å². The number of piperidine rings is 1. The van der Waals surface area contributed by atoms with Crippen molar-refractivity contribution in [2.45, 2.75) is 44.2 Å². The van der Waals surface area contributed by atoms with Crippen molar-refractivity contribution in [3.05, 3.63) is 30.3 Å². The molecule has 202 valence electrons. The van der Waals surface area contributed by atoms with Crippen molar-refractivity contribution in [1.82, 2.24) is 15.3 Å². The monoisotopic (exact) mass is 511 g/mol. The first kappa shape index (κ1) is 26.2. The quantitative estimate of drug-likeness (QED) is 0.527. The van der Waals surface area contributed by atoms with E-state index in [0.29, 0.717) is 29.6 Å². The molecule has 1 atom stereocenters. The summed E-state index contributed by atoms with van der Waals surface area (Å²) in [6.07, 6.45) is 4.86. The summed E-state index contributed by atoms with van der Waals surface area (Å²) in [5, 5.41) is 13.0. The summed E-state index contributed by atoms with van der Waals surface area (Å²) in [7, 11) is 3.95. The Hall–Kier alpha value is -2.46. The Balaban J connectivity index is 1.40. The largest absolute Gasteiger partial charge is 0.491 e. The van der Waals surface area contributed by atoms with Crippen LogP contribution in [0.1, 0.15) is 32.1 Å². The van der Waals surface area contributed by atoms with Gasteiger partial charge in [-0.05, 0) is 56.7 Å². The first-order chi connectivity index (χ1) is 18.0. The van der Waals surface area contributed by atoms with E-state index in [9.17, 15) is 5.11 Å². The van der Waals surface area contributed by atoms with Crippen molar-refractivity contribution < 1.29 is 19.3 Å². The molecule has 0 aliphatic carbocycles. The summed E-state index contributed by atoms with van der Waals surface area (Å²) in [6.45, 7) is 6.02. The van der Waals surface area contributed by atoms with Crippen LogP contribution in [-0.4, -0.2) is 94.0 Å². The van der Waals surface area contributed by atoms with E-state index in [4.69, 9.17) is 24.2 Å². The second-order valence-electron chi connectivity index (χ2n) is 10.7. The molecule has 2 aromatic rings. The fourth-order valence-electron chi connectivity index (χ4n) is 5.62. The Labute approximate surface area is 220 Å². The van der Waals surface area contributed by atoms with E-state index in [-0.39, 0.29) is 6.61 Å². The zero-order valence-corrected chi connectivity index (χ0v) is 22.2. The van der Waals surface area contributed by atoms with Gasteiger partial charge in [-0.25, -0.2) is 9.97 Å². The lowest BCUT2D eigenvalue weighted by atomic mass is 9.78. The van der Waals surface area contributed by atoms with Crippen LogP contribution < -0.4 is 19.9 Å². The molecule has 9 heteroatoms. The number of aliphatic hydroxyl groups is 1. The lowest BCUT2D eigenvalue weighted by Gasteiger charge is -2.39. The van der Waals surface area contributed by atoms with Gasteiger partial charge in [0.2, 0.25) is 0 Å². The number of aliphatic hydroxyl groups excluding tert-OH is 1. The summed E-state index contributed by atoms with van der Waals surface area (Å²) in [5.74, 6) is 3.30. The highest BCUT2D eigenvalue weighted by molar-refractivity contribution is 5.64. The number of likely N-dealkylation sites (N-methyl/N-ethyl adjacent to an activating group) is 1. The molecule has 37 heavy (non-hydrogen) atoms. The maximum absolute atomic E-state index is 10.0. The van der Waals surface area contributed by atoms with Gasteiger partial charge in [-0.15, -0.1) is 0 Å².